The minimum absolute atomic E-state index is 0.289. The molecule has 2 nitrogen and oxygen atoms in total. The number of rotatable bonds is 7. The number of hydrogen-bond acceptors (Lipinski definition) is 2. The van der Waals surface area contributed by atoms with Crippen LogP contribution in [0.15, 0.2) is 36.5 Å². The fourth-order valence-corrected chi connectivity index (χ4v) is 0.960. The molecule has 0 saturated carbocycles. The summed E-state index contributed by atoms with van der Waals surface area (Å²) in [6.45, 7) is 5.72. The van der Waals surface area contributed by atoms with Gasteiger partial charge in [0.25, 0.3) is 0 Å². The fraction of sp³-hybridized carbons (Fsp3) is 0.467. The number of carbonyl (C=O) groups excluding carboxylic acids is 2. The molecular weight excluding hydrogens is 212 g/mol. The van der Waals surface area contributed by atoms with Gasteiger partial charge in [0, 0.05) is 6.42 Å². The lowest BCUT2D eigenvalue weighted by atomic mass is 10.3. The second kappa shape index (κ2) is 17.0. The summed E-state index contributed by atoms with van der Waals surface area (Å²) in [5.41, 5.74) is 0. The summed E-state index contributed by atoms with van der Waals surface area (Å²) in [4.78, 5) is 19.8. The Kier molecular flexibility index (Phi) is 17.9. The lowest BCUT2D eigenvalue weighted by Gasteiger charge is -1.80. The SMILES string of the molecule is CCC=CCC=CC=CC=O.CCCC(C)=O. The van der Waals surface area contributed by atoms with E-state index in [0.717, 1.165) is 32.0 Å². The molecule has 0 N–H and O–H groups in total. The van der Waals surface area contributed by atoms with Crippen LogP contribution in [0.1, 0.15) is 46.5 Å². The molecule has 2 heteroatoms. The van der Waals surface area contributed by atoms with E-state index in [4.69, 9.17) is 0 Å². The lowest BCUT2D eigenvalue weighted by molar-refractivity contribution is -0.117. The van der Waals surface area contributed by atoms with E-state index < -0.39 is 0 Å². The quantitative estimate of drug-likeness (QED) is 0.289. The molecule has 0 saturated heterocycles. The van der Waals surface area contributed by atoms with Gasteiger partial charge in [-0.3, -0.25) is 4.79 Å². The third kappa shape index (κ3) is 25.1. The normalized spacial score (nSPS) is 10.8. The summed E-state index contributed by atoms with van der Waals surface area (Å²) < 4.78 is 0. The maximum Gasteiger partial charge on any atom is 0.142 e. The van der Waals surface area contributed by atoms with Crippen molar-refractivity contribution in [2.75, 3.05) is 0 Å². The molecule has 0 amide bonds. The highest BCUT2D eigenvalue weighted by Crippen LogP contribution is 1.88. The number of hydrogen-bond donors (Lipinski definition) is 0. The number of allylic oxidation sites excluding steroid dienone is 6. The van der Waals surface area contributed by atoms with Crippen LogP contribution in [0.4, 0.5) is 0 Å². The van der Waals surface area contributed by atoms with Gasteiger partial charge in [-0.2, -0.15) is 0 Å². The zero-order valence-electron chi connectivity index (χ0n) is 11.2. The second-order valence-electron chi connectivity index (χ2n) is 3.52. The highest BCUT2D eigenvalue weighted by atomic mass is 16.1. The van der Waals surface area contributed by atoms with Crippen LogP contribution in [0.3, 0.4) is 0 Å². The summed E-state index contributed by atoms with van der Waals surface area (Å²) in [5.74, 6) is 0.289. The zero-order valence-corrected chi connectivity index (χ0v) is 11.2. The Balaban J connectivity index is 0. The van der Waals surface area contributed by atoms with Crippen LogP contribution in [0.5, 0.6) is 0 Å². The Labute approximate surface area is 105 Å². The fourth-order valence-electron chi connectivity index (χ4n) is 0.960. The molecule has 17 heavy (non-hydrogen) atoms. The predicted octanol–water partition coefficient (Wildman–Crippen LogP) is 4.03. The van der Waals surface area contributed by atoms with Gasteiger partial charge in [-0.05, 0) is 32.3 Å². The van der Waals surface area contributed by atoms with Crippen molar-refractivity contribution in [3.8, 4) is 0 Å². The predicted molar refractivity (Wildman–Crippen MR) is 74.0 cm³/mol. The molecule has 0 fully saturated rings. The molecule has 0 rings (SSSR count). The van der Waals surface area contributed by atoms with Gasteiger partial charge in [0.2, 0.25) is 0 Å². The summed E-state index contributed by atoms with van der Waals surface area (Å²) >= 11 is 0. The van der Waals surface area contributed by atoms with Gasteiger partial charge in [-0.15, -0.1) is 0 Å². The van der Waals surface area contributed by atoms with Crippen molar-refractivity contribution >= 4 is 12.1 Å². The smallest absolute Gasteiger partial charge is 0.142 e. The van der Waals surface area contributed by atoms with Crippen LogP contribution in [-0.4, -0.2) is 12.1 Å². The molecule has 0 aliphatic carbocycles. The highest BCUT2D eigenvalue weighted by Gasteiger charge is 1.83. The van der Waals surface area contributed by atoms with Gasteiger partial charge < -0.3 is 4.79 Å². The number of ketones is 1. The lowest BCUT2D eigenvalue weighted by Crippen LogP contribution is -1.84. The van der Waals surface area contributed by atoms with E-state index in [9.17, 15) is 9.59 Å². The summed E-state index contributed by atoms with van der Waals surface area (Å²) in [5, 5.41) is 0. The minimum atomic E-state index is 0.289. The van der Waals surface area contributed by atoms with Crippen LogP contribution in [0.25, 0.3) is 0 Å². The van der Waals surface area contributed by atoms with Crippen molar-refractivity contribution in [3.63, 3.8) is 0 Å². The van der Waals surface area contributed by atoms with Crippen LogP contribution in [-0.2, 0) is 9.59 Å². The first-order chi connectivity index (χ1) is 8.18. The van der Waals surface area contributed by atoms with Crippen LogP contribution in [0, 0.1) is 0 Å². The van der Waals surface area contributed by atoms with Crippen LogP contribution < -0.4 is 0 Å². The van der Waals surface area contributed by atoms with Gasteiger partial charge in [0.1, 0.15) is 12.1 Å². The largest absolute Gasteiger partial charge is 0.300 e. The van der Waals surface area contributed by atoms with Gasteiger partial charge >= 0.3 is 0 Å². The first-order valence-electron chi connectivity index (χ1n) is 6.10. The molecule has 0 aromatic rings. The topological polar surface area (TPSA) is 34.1 Å². The van der Waals surface area contributed by atoms with E-state index in [-0.39, 0.29) is 5.78 Å². The molecule has 0 aliphatic heterocycles. The molecule has 0 aliphatic rings. The van der Waals surface area contributed by atoms with Crippen molar-refractivity contribution < 1.29 is 9.59 Å². The Hall–Kier alpha value is -1.44. The van der Waals surface area contributed by atoms with E-state index in [0.29, 0.717) is 0 Å². The Bertz CT molecular complexity index is 260. The molecule has 0 atom stereocenters. The van der Waals surface area contributed by atoms with Crippen molar-refractivity contribution in [2.24, 2.45) is 0 Å². The van der Waals surface area contributed by atoms with Crippen molar-refractivity contribution in [1.82, 2.24) is 0 Å². The third-order valence-corrected chi connectivity index (χ3v) is 1.71. The summed E-state index contributed by atoms with van der Waals surface area (Å²) in [6.07, 6.45) is 15.8. The van der Waals surface area contributed by atoms with Crippen LogP contribution in [0.2, 0.25) is 0 Å². The van der Waals surface area contributed by atoms with Crippen molar-refractivity contribution in [3.05, 3.63) is 36.5 Å². The summed E-state index contributed by atoms with van der Waals surface area (Å²) in [6, 6.07) is 0. The van der Waals surface area contributed by atoms with Gasteiger partial charge in [-0.25, -0.2) is 0 Å². The van der Waals surface area contributed by atoms with E-state index in [1.807, 2.05) is 19.1 Å². The van der Waals surface area contributed by atoms with Gasteiger partial charge in [0.15, 0.2) is 0 Å². The molecule has 96 valence electrons. The molecule has 0 bridgehead atoms. The van der Waals surface area contributed by atoms with E-state index in [1.54, 1.807) is 13.0 Å². The first kappa shape index (κ1) is 17.9. The Morgan fingerprint density at radius 2 is 1.71 bits per heavy atom. The van der Waals surface area contributed by atoms with Crippen molar-refractivity contribution in [2.45, 2.75) is 46.5 Å². The molecule has 0 aromatic heterocycles. The summed E-state index contributed by atoms with van der Waals surface area (Å²) in [7, 11) is 0. The molecule has 0 heterocycles. The molecule has 0 aromatic carbocycles. The molecule has 0 unspecified atom stereocenters. The third-order valence-electron chi connectivity index (χ3n) is 1.71. The standard InChI is InChI=1S/C10H14O.C5H10O/c1-2-3-4-5-6-7-8-9-10-11;1-3-4-5(2)6/h3-4,6-10H,2,5H2,1H3;3-4H2,1-2H3. The van der Waals surface area contributed by atoms with Gasteiger partial charge in [0.05, 0.1) is 0 Å². The van der Waals surface area contributed by atoms with E-state index in [1.165, 1.54) is 6.08 Å². The number of Topliss-reactive ketones (excluding diaryl/α,β-unsaturated/α-hetero) is 1. The molecular formula is C15H24O2. The van der Waals surface area contributed by atoms with Crippen molar-refractivity contribution in [1.29, 1.82) is 0 Å². The average Bonchev–Trinajstić information content (AvgIpc) is 2.29. The first-order valence-corrected chi connectivity index (χ1v) is 6.10. The minimum Gasteiger partial charge on any atom is -0.300 e. The van der Waals surface area contributed by atoms with Crippen LogP contribution >= 0.6 is 0 Å². The Morgan fingerprint density at radius 3 is 2.12 bits per heavy atom. The Morgan fingerprint density at radius 1 is 1.00 bits per heavy atom. The molecule has 0 radical (unpaired) electrons. The maximum atomic E-state index is 10.0. The number of carbonyl (C=O) groups is 2. The van der Waals surface area contributed by atoms with Gasteiger partial charge in [-0.1, -0.05) is 44.2 Å². The highest BCUT2D eigenvalue weighted by molar-refractivity contribution is 5.75. The van der Waals surface area contributed by atoms with E-state index >= 15 is 0 Å². The second-order valence-corrected chi connectivity index (χ2v) is 3.52. The molecule has 0 spiro atoms. The maximum absolute atomic E-state index is 10.0. The monoisotopic (exact) mass is 236 g/mol. The zero-order chi connectivity index (χ0) is 13.4. The number of aldehydes is 1. The average molecular weight is 236 g/mol. The van der Waals surface area contributed by atoms with E-state index in [2.05, 4.69) is 19.1 Å².